The number of rotatable bonds is 5. The predicted molar refractivity (Wildman–Crippen MR) is 49.6 cm³/mol. The molecule has 1 N–H and O–H groups in total. The normalized spacial score (nSPS) is 10.1. The SMILES string of the molecule is CN(C)C(=O)CNCCc1ncon1. The minimum absolute atomic E-state index is 0.0538. The van der Waals surface area contributed by atoms with Crippen molar-refractivity contribution < 1.29 is 9.32 Å². The highest BCUT2D eigenvalue weighted by Crippen LogP contribution is 1.87. The van der Waals surface area contributed by atoms with Gasteiger partial charge < -0.3 is 14.7 Å². The fourth-order valence-corrected chi connectivity index (χ4v) is 0.856. The Kier molecular flexibility index (Phi) is 4.06. The van der Waals surface area contributed by atoms with Gasteiger partial charge in [-0.2, -0.15) is 4.98 Å². The number of nitrogens with zero attached hydrogens (tertiary/aromatic N) is 3. The molecule has 1 rings (SSSR count). The van der Waals surface area contributed by atoms with Gasteiger partial charge in [0.2, 0.25) is 12.3 Å². The molecule has 6 nitrogen and oxygen atoms in total. The van der Waals surface area contributed by atoms with Crippen LogP contribution in [0.15, 0.2) is 10.9 Å². The Morgan fingerprint density at radius 1 is 1.64 bits per heavy atom. The third-order valence-electron chi connectivity index (χ3n) is 1.71. The Morgan fingerprint density at radius 2 is 2.43 bits per heavy atom. The van der Waals surface area contributed by atoms with Gasteiger partial charge in [0.1, 0.15) is 0 Å². The van der Waals surface area contributed by atoms with E-state index in [2.05, 4.69) is 20.0 Å². The lowest BCUT2D eigenvalue weighted by Gasteiger charge is -2.09. The second-order valence-electron chi connectivity index (χ2n) is 3.06. The predicted octanol–water partition coefficient (Wildman–Crippen LogP) is -0.710. The summed E-state index contributed by atoms with van der Waals surface area (Å²) in [6.45, 7) is 1.00. The first kappa shape index (κ1) is 10.6. The van der Waals surface area contributed by atoms with E-state index in [0.717, 1.165) is 0 Å². The van der Waals surface area contributed by atoms with Gasteiger partial charge in [-0.05, 0) is 0 Å². The fraction of sp³-hybridized carbons (Fsp3) is 0.625. The standard InChI is InChI=1S/C8H14N4O2/c1-12(2)8(13)5-9-4-3-7-10-6-14-11-7/h6,9H,3-5H2,1-2H3. The van der Waals surface area contributed by atoms with Crippen molar-refractivity contribution in [1.29, 1.82) is 0 Å². The molecule has 0 aliphatic rings. The average molecular weight is 198 g/mol. The maximum absolute atomic E-state index is 11.1. The summed E-state index contributed by atoms with van der Waals surface area (Å²) in [6.07, 6.45) is 1.96. The van der Waals surface area contributed by atoms with Crippen molar-refractivity contribution in [2.45, 2.75) is 6.42 Å². The lowest BCUT2D eigenvalue weighted by atomic mass is 10.4. The van der Waals surface area contributed by atoms with Crippen molar-refractivity contribution in [3.63, 3.8) is 0 Å². The van der Waals surface area contributed by atoms with Gasteiger partial charge in [0.05, 0.1) is 6.54 Å². The molecule has 1 amide bonds. The first-order valence-corrected chi connectivity index (χ1v) is 4.36. The molecule has 0 unspecified atom stereocenters. The van der Waals surface area contributed by atoms with Crippen LogP contribution in [0.25, 0.3) is 0 Å². The van der Waals surface area contributed by atoms with Crippen LogP contribution in [0.3, 0.4) is 0 Å². The zero-order chi connectivity index (χ0) is 10.4. The third kappa shape index (κ3) is 3.53. The molecule has 1 aromatic rings. The summed E-state index contributed by atoms with van der Waals surface area (Å²) in [6, 6.07) is 0. The molecule has 0 fully saturated rings. The zero-order valence-corrected chi connectivity index (χ0v) is 8.36. The molecule has 0 saturated heterocycles. The largest absolute Gasteiger partial charge is 0.348 e. The molecule has 0 spiro atoms. The molecule has 0 bridgehead atoms. The Labute approximate surface area is 82.3 Å². The lowest BCUT2D eigenvalue weighted by Crippen LogP contribution is -2.33. The highest BCUT2D eigenvalue weighted by Gasteiger charge is 2.03. The van der Waals surface area contributed by atoms with Crippen LogP contribution >= 0.6 is 0 Å². The Balaban J connectivity index is 2.08. The van der Waals surface area contributed by atoms with E-state index in [-0.39, 0.29) is 5.91 Å². The number of hydrogen-bond donors (Lipinski definition) is 1. The van der Waals surface area contributed by atoms with Crippen molar-refractivity contribution >= 4 is 5.91 Å². The van der Waals surface area contributed by atoms with Crippen molar-refractivity contribution in [3.8, 4) is 0 Å². The van der Waals surface area contributed by atoms with E-state index in [1.165, 1.54) is 6.39 Å². The van der Waals surface area contributed by atoms with Gasteiger partial charge in [-0.3, -0.25) is 4.79 Å². The number of hydrogen-bond acceptors (Lipinski definition) is 5. The van der Waals surface area contributed by atoms with Crippen LogP contribution in [0.2, 0.25) is 0 Å². The fourth-order valence-electron chi connectivity index (χ4n) is 0.856. The summed E-state index contributed by atoms with van der Waals surface area (Å²) in [5, 5.41) is 6.64. The molecule has 0 atom stereocenters. The summed E-state index contributed by atoms with van der Waals surface area (Å²) in [5.41, 5.74) is 0. The van der Waals surface area contributed by atoms with Crippen molar-refractivity contribution in [3.05, 3.63) is 12.2 Å². The first-order valence-electron chi connectivity index (χ1n) is 4.36. The van der Waals surface area contributed by atoms with E-state index in [9.17, 15) is 4.79 Å². The molecule has 0 aromatic carbocycles. The van der Waals surface area contributed by atoms with Gasteiger partial charge >= 0.3 is 0 Å². The number of carbonyl (C=O) groups excluding carboxylic acids is 1. The van der Waals surface area contributed by atoms with Gasteiger partial charge in [-0.15, -0.1) is 0 Å². The second-order valence-corrected chi connectivity index (χ2v) is 3.06. The summed E-state index contributed by atoms with van der Waals surface area (Å²) in [7, 11) is 3.45. The molecule has 1 aromatic heterocycles. The van der Waals surface area contributed by atoms with Gasteiger partial charge in [0, 0.05) is 27.1 Å². The minimum atomic E-state index is 0.0538. The molecule has 0 aliphatic heterocycles. The third-order valence-corrected chi connectivity index (χ3v) is 1.71. The van der Waals surface area contributed by atoms with Crippen LogP contribution in [-0.4, -0.2) is 48.1 Å². The zero-order valence-electron chi connectivity index (χ0n) is 8.36. The number of aromatic nitrogens is 2. The van der Waals surface area contributed by atoms with Crippen LogP contribution in [0.1, 0.15) is 5.82 Å². The smallest absolute Gasteiger partial charge is 0.236 e. The maximum atomic E-state index is 11.1. The lowest BCUT2D eigenvalue weighted by molar-refractivity contribution is -0.127. The van der Waals surface area contributed by atoms with E-state index < -0.39 is 0 Å². The number of carbonyl (C=O) groups is 1. The van der Waals surface area contributed by atoms with Crippen molar-refractivity contribution in [2.24, 2.45) is 0 Å². The summed E-state index contributed by atoms with van der Waals surface area (Å²) in [5.74, 6) is 0.702. The van der Waals surface area contributed by atoms with Gasteiger partial charge in [0.25, 0.3) is 0 Å². The summed E-state index contributed by atoms with van der Waals surface area (Å²) >= 11 is 0. The maximum Gasteiger partial charge on any atom is 0.236 e. The summed E-state index contributed by atoms with van der Waals surface area (Å²) < 4.78 is 4.57. The van der Waals surface area contributed by atoms with Gasteiger partial charge in [-0.25, -0.2) is 0 Å². The van der Waals surface area contributed by atoms with E-state index >= 15 is 0 Å². The van der Waals surface area contributed by atoms with E-state index in [0.29, 0.717) is 25.3 Å². The highest BCUT2D eigenvalue weighted by atomic mass is 16.5. The van der Waals surface area contributed by atoms with E-state index in [4.69, 9.17) is 0 Å². The van der Waals surface area contributed by atoms with Crippen LogP contribution in [0, 0.1) is 0 Å². The molecule has 0 saturated carbocycles. The molecule has 1 heterocycles. The van der Waals surface area contributed by atoms with Crippen molar-refractivity contribution in [2.75, 3.05) is 27.2 Å². The average Bonchev–Trinajstić information content (AvgIpc) is 2.64. The molecular formula is C8H14N4O2. The highest BCUT2D eigenvalue weighted by molar-refractivity contribution is 5.77. The number of nitrogens with one attached hydrogen (secondary N) is 1. The second kappa shape index (κ2) is 5.33. The molecule has 0 radical (unpaired) electrons. The van der Waals surface area contributed by atoms with Crippen LogP contribution in [0.4, 0.5) is 0 Å². The minimum Gasteiger partial charge on any atom is -0.348 e. The van der Waals surface area contributed by atoms with Crippen molar-refractivity contribution in [1.82, 2.24) is 20.4 Å². The van der Waals surface area contributed by atoms with Gasteiger partial charge in [-0.1, -0.05) is 5.16 Å². The molecular weight excluding hydrogens is 184 g/mol. The Hall–Kier alpha value is -1.43. The monoisotopic (exact) mass is 198 g/mol. The van der Waals surface area contributed by atoms with Crippen LogP contribution in [0.5, 0.6) is 0 Å². The van der Waals surface area contributed by atoms with E-state index in [1.807, 2.05) is 0 Å². The van der Waals surface area contributed by atoms with Crippen LogP contribution in [-0.2, 0) is 11.2 Å². The van der Waals surface area contributed by atoms with Crippen LogP contribution < -0.4 is 5.32 Å². The molecule has 0 aliphatic carbocycles. The topological polar surface area (TPSA) is 71.3 Å². The van der Waals surface area contributed by atoms with E-state index in [1.54, 1.807) is 19.0 Å². The quantitative estimate of drug-likeness (QED) is 0.633. The molecule has 14 heavy (non-hydrogen) atoms. The Bertz CT molecular complexity index is 271. The Morgan fingerprint density at radius 3 is 3.00 bits per heavy atom. The number of likely N-dealkylation sites (N-methyl/N-ethyl adjacent to an activating group) is 1. The number of amides is 1. The molecule has 6 heteroatoms. The molecule has 78 valence electrons. The summed E-state index contributed by atoms with van der Waals surface area (Å²) in [4.78, 5) is 16.5. The van der Waals surface area contributed by atoms with Gasteiger partial charge in [0.15, 0.2) is 5.82 Å². The first-order chi connectivity index (χ1) is 6.70.